The van der Waals surface area contributed by atoms with Crippen LogP contribution >= 0.6 is 0 Å². The van der Waals surface area contributed by atoms with E-state index >= 15 is 0 Å². The van der Waals surface area contributed by atoms with Crippen LogP contribution in [0.25, 0.3) is 0 Å². The fourth-order valence-corrected chi connectivity index (χ4v) is 2.00. The molecule has 4 N–H and O–H groups in total. The summed E-state index contributed by atoms with van der Waals surface area (Å²) in [6.45, 7) is 2.05. The number of aliphatic carboxylic acids is 1. The van der Waals surface area contributed by atoms with Gasteiger partial charge in [-0.2, -0.15) is 5.10 Å². The molecule has 1 amide bonds. The highest BCUT2D eigenvalue weighted by Crippen LogP contribution is 2.07. The van der Waals surface area contributed by atoms with Gasteiger partial charge in [0.1, 0.15) is 6.04 Å². The number of hydrazone groups is 1. The van der Waals surface area contributed by atoms with Crippen LogP contribution in [0.5, 0.6) is 0 Å². The molecule has 1 aromatic rings. The van der Waals surface area contributed by atoms with E-state index in [4.69, 9.17) is 10.8 Å². The zero-order chi connectivity index (χ0) is 17.1. The smallest absolute Gasteiger partial charge is 0.320 e. The zero-order valence-electron chi connectivity index (χ0n) is 13.5. The molecule has 1 unspecified atom stereocenters. The number of unbranched alkanes of at least 4 members (excludes halogenated alkanes) is 1. The predicted molar refractivity (Wildman–Crippen MR) is 90.2 cm³/mol. The van der Waals surface area contributed by atoms with Crippen molar-refractivity contribution in [3.05, 3.63) is 35.4 Å². The maximum Gasteiger partial charge on any atom is 0.320 e. The van der Waals surface area contributed by atoms with Crippen molar-refractivity contribution in [1.29, 1.82) is 0 Å². The number of carboxylic acid groups (broad SMARTS) is 1. The highest BCUT2D eigenvalue weighted by Gasteiger charge is 2.09. The second kappa shape index (κ2) is 10.5. The van der Waals surface area contributed by atoms with Crippen LogP contribution in [0.3, 0.4) is 0 Å². The molecule has 6 heteroatoms. The van der Waals surface area contributed by atoms with E-state index in [0.717, 1.165) is 12.8 Å². The Hall–Kier alpha value is -2.21. The molecule has 0 saturated heterocycles. The first kappa shape index (κ1) is 18.8. The van der Waals surface area contributed by atoms with Gasteiger partial charge in [0.05, 0.1) is 0 Å². The molecule has 0 spiro atoms. The zero-order valence-corrected chi connectivity index (χ0v) is 13.5. The number of carboxylic acids is 1. The number of nitrogens with one attached hydrogen (secondary N) is 1. The summed E-state index contributed by atoms with van der Waals surface area (Å²) in [5.41, 5.74) is 10.3. The molecule has 0 aliphatic heterocycles. The van der Waals surface area contributed by atoms with Gasteiger partial charge in [0.2, 0.25) is 5.91 Å². The molecule has 0 aliphatic carbocycles. The van der Waals surface area contributed by atoms with Crippen molar-refractivity contribution in [1.82, 2.24) is 5.43 Å². The summed E-state index contributed by atoms with van der Waals surface area (Å²) in [4.78, 5) is 22.1. The third-order valence-electron chi connectivity index (χ3n) is 3.44. The Bertz CT molecular complexity index is 526. The standard InChI is InChI=1S/C17H25N3O3/c1-13-8-10-14(11-9-13)5-4-7-16(21)20-19-12-3-2-6-15(18)17(22)23/h8-12,15H,2-7,18H2,1H3,(H,20,21)(H,22,23)/b19-12+. The maximum absolute atomic E-state index is 11.6. The molecule has 0 aromatic heterocycles. The van der Waals surface area contributed by atoms with E-state index in [9.17, 15) is 9.59 Å². The van der Waals surface area contributed by atoms with Gasteiger partial charge in [-0.05, 0) is 44.6 Å². The first-order valence-electron chi connectivity index (χ1n) is 7.83. The van der Waals surface area contributed by atoms with Crippen LogP contribution in [0.4, 0.5) is 0 Å². The van der Waals surface area contributed by atoms with Crippen LogP contribution in [0.1, 0.15) is 43.2 Å². The lowest BCUT2D eigenvalue weighted by Crippen LogP contribution is -2.29. The molecule has 0 bridgehead atoms. The Balaban J connectivity index is 2.08. The fraction of sp³-hybridized carbons (Fsp3) is 0.471. The number of rotatable bonds is 10. The number of nitrogens with two attached hydrogens (primary N) is 1. The van der Waals surface area contributed by atoms with Crippen molar-refractivity contribution in [2.45, 2.75) is 51.5 Å². The van der Waals surface area contributed by atoms with Crippen molar-refractivity contribution in [2.75, 3.05) is 0 Å². The van der Waals surface area contributed by atoms with Gasteiger partial charge in [-0.25, -0.2) is 5.43 Å². The van der Waals surface area contributed by atoms with E-state index in [-0.39, 0.29) is 5.91 Å². The molecule has 0 aliphatic rings. The van der Waals surface area contributed by atoms with Crippen LogP contribution in [0.2, 0.25) is 0 Å². The summed E-state index contributed by atoms with van der Waals surface area (Å²) in [7, 11) is 0. The van der Waals surface area contributed by atoms with Crippen LogP contribution in [-0.2, 0) is 16.0 Å². The van der Waals surface area contributed by atoms with Gasteiger partial charge in [-0.3, -0.25) is 9.59 Å². The number of benzene rings is 1. The van der Waals surface area contributed by atoms with Crippen molar-refractivity contribution < 1.29 is 14.7 Å². The summed E-state index contributed by atoms with van der Waals surface area (Å²) >= 11 is 0. The molecule has 0 heterocycles. The van der Waals surface area contributed by atoms with Gasteiger partial charge in [0.25, 0.3) is 0 Å². The van der Waals surface area contributed by atoms with Crippen molar-refractivity contribution in [3.8, 4) is 0 Å². The Morgan fingerprint density at radius 1 is 1.30 bits per heavy atom. The van der Waals surface area contributed by atoms with E-state index in [1.165, 1.54) is 11.1 Å². The van der Waals surface area contributed by atoms with Gasteiger partial charge in [0, 0.05) is 12.6 Å². The van der Waals surface area contributed by atoms with E-state index in [2.05, 4.69) is 34.8 Å². The summed E-state index contributed by atoms with van der Waals surface area (Å²) in [6.07, 6.45) is 5.25. The molecule has 1 rings (SSSR count). The van der Waals surface area contributed by atoms with Crippen LogP contribution in [0, 0.1) is 6.92 Å². The third kappa shape index (κ3) is 8.73. The van der Waals surface area contributed by atoms with Gasteiger partial charge in [-0.1, -0.05) is 29.8 Å². The summed E-state index contributed by atoms with van der Waals surface area (Å²) in [5.74, 6) is -1.11. The first-order valence-corrected chi connectivity index (χ1v) is 7.83. The largest absolute Gasteiger partial charge is 0.480 e. The minimum Gasteiger partial charge on any atom is -0.480 e. The number of aryl methyl sites for hydroxylation is 2. The molecular formula is C17H25N3O3. The minimum atomic E-state index is -0.996. The number of carbonyl (C=O) groups excluding carboxylic acids is 1. The SMILES string of the molecule is Cc1ccc(CCCC(=O)N/N=C/CCCC(N)C(=O)O)cc1. The lowest BCUT2D eigenvalue weighted by molar-refractivity contribution is -0.138. The van der Waals surface area contributed by atoms with Crippen LogP contribution in [-0.4, -0.2) is 29.2 Å². The number of amides is 1. The summed E-state index contributed by atoms with van der Waals surface area (Å²) < 4.78 is 0. The van der Waals surface area contributed by atoms with E-state index in [1.54, 1.807) is 6.21 Å². The predicted octanol–water partition coefficient (Wildman–Crippen LogP) is 2.00. The number of hydrogen-bond donors (Lipinski definition) is 3. The minimum absolute atomic E-state index is 0.115. The summed E-state index contributed by atoms with van der Waals surface area (Å²) in [6, 6.07) is 7.45. The molecule has 1 atom stereocenters. The second-order valence-corrected chi connectivity index (χ2v) is 5.56. The monoisotopic (exact) mass is 319 g/mol. The quantitative estimate of drug-likeness (QED) is 0.348. The van der Waals surface area contributed by atoms with Gasteiger partial charge < -0.3 is 10.8 Å². The molecule has 0 radical (unpaired) electrons. The Kier molecular flexibility index (Phi) is 8.60. The molecule has 1 aromatic carbocycles. The lowest BCUT2D eigenvalue weighted by atomic mass is 10.1. The Morgan fingerprint density at radius 2 is 2.00 bits per heavy atom. The van der Waals surface area contributed by atoms with Gasteiger partial charge in [-0.15, -0.1) is 0 Å². The normalized spacial score (nSPS) is 12.3. The molecule has 23 heavy (non-hydrogen) atoms. The van der Waals surface area contributed by atoms with E-state index in [0.29, 0.717) is 25.7 Å². The average molecular weight is 319 g/mol. The third-order valence-corrected chi connectivity index (χ3v) is 3.44. The molecule has 6 nitrogen and oxygen atoms in total. The highest BCUT2D eigenvalue weighted by molar-refractivity contribution is 5.76. The van der Waals surface area contributed by atoms with Gasteiger partial charge in [0.15, 0.2) is 0 Å². The number of carbonyl (C=O) groups is 2. The summed E-state index contributed by atoms with van der Waals surface area (Å²) in [5, 5.41) is 12.5. The Labute approximate surface area is 136 Å². The highest BCUT2D eigenvalue weighted by atomic mass is 16.4. The average Bonchev–Trinajstić information content (AvgIpc) is 2.52. The van der Waals surface area contributed by atoms with Crippen molar-refractivity contribution >= 4 is 18.1 Å². The van der Waals surface area contributed by atoms with Crippen molar-refractivity contribution in [2.24, 2.45) is 10.8 Å². The molecule has 0 fully saturated rings. The van der Waals surface area contributed by atoms with Gasteiger partial charge >= 0.3 is 5.97 Å². The maximum atomic E-state index is 11.6. The number of hydrogen-bond acceptors (Lipinski definition) is 4. The van der Waals surface area contributed by atoms with Crippen LogP contribution in [0.15, 0.2) is 29.4 Å². The number of nitrogens with zero attached hydrogens (tertiary/aromatic N) is 1. The fourth-order valence-electron chi connectivity index (χ4n) is 2.00. The molecular weight excluding hydrogens is 294 g/mol. The van der Waals surface area contributed by atoms with E-state index in [1.807, 2.05) is 6.92 Å². The molecule has 126 valence electrons. The van der Waals surface area contributed by atoms with Crippen LogP contribution < -0.4 is 11.2 Å². The van der Waals surface area contributed by atoms with Crippen molar-refractivity contribution in [3.63, 3.8) is 0 Å². The topological polar surface area (TPSA) is 105 Å². The first-order chi connectivity index (χ1) is 11.0. The lowest BCUT2D eigenvalue weighted by Gasteiger charge is -2.03. The Morgan fingerprint density at radius 3 is 2.65 bits per heavy atom. The second-order valence-electron chi connectivity index (χ2n) is 5.56. The van der Waals surface area contributed by atoms with E-state index < -0.39 is 12.0 Å². The molecule has 0 saturated carbocycles.